The maximum absolute atomic E-state index is 14.5. The van der Waals surface area contributed by atoms with Gasteiger partial charge in [-0.05, 0) is 67.2 Å². The van der Waals surface area contributed by atoms with Gasteiger partial charge in [0.1, 0.15) is 11.9 Å². The quantitative estimate of drug-likeness (QED) is 0.322. The van der Waals surface area contributed by atoms with Crippen molar-refractivity contribution in [2.24, 2.45) is 22.7 Å². The van der Waals surface area contributed by atoms with E-state index in [0.29, 0.717) is 44.1 Å². The number of amides is 2. The van der Waals surface area contributed by atoms with E-state index in [0.717, 1.165) is 0 Å². The average Bonchev–Trinajstić information content (AvgIpc) is 4.00. The van der Waals surface area contributed by atoms with Crippen molar-refractivity contribution in [3.63, 3.8) is 0 Å². The SMILES string of the molecule is CC[C@@H]1C[C@]1(CC(=O)[C@@H]1C[C@@H]2CN1C(=O)[C@H](C(C)(C)C)CC(=O)OCCC/C=C/c1cc(OC(F)(F)F)c3ccnc(c3c1)O2)C(=O)NS(=O)(=O)C1CC1. The average molecular weight is 778 g/mol. The van der Waals surface area contributed by atoms with Crippen molar-refractivity contribution in [1.29, 1.82) is 0 Å². The van der Waals surface area contributed by atoms with E-state index in [1.165, 1.54) is 23.2 Å². The van der Waals surface area contributed by atoms with Gasteiger partial charge in [-0.25, -0.2) is 13.4 Å². The predicted octanol–water partition coefficient (Wildman–Crippen LogP) is 5.87. The second-order valence-corrected chi connectivity index (χ2v) is 17.9. The molecule has 2 amide bonds. The number of sulfonamides is 1. The minimum Gasteiger partial charge on any atom is -0.472 e. The van der Waals surface area contributed by atoms with Gasteiger partial charge in [0.2, 0.25) is 27.7 Å². The number of carbonyl (C=O) groups is 4. The monoisotopic (exact) mass is 777 g/mol. The number of nitrogens with zero attached hydrogens (tertiary/aromatic N) is 2. The highest BCUT2D eigenvalue weighted by Crippen LogP contribution is 2.58. The second-order valence-electron chi connectivity index (χ2n) is 15.9. The number of fused-ring (bicyclic) bond motifs is 3. The molecule has 2 saturated carbocycles. The Morgan fingerprint density at radius 1 is 1.13 bits per heavy atom. The Balaban J connectivity index is 1.37. The Hall–Kier alpha value is -4.21. The fourth-order valence-corrected chi connectivity index (χ4v) is 9.03. The van der Waals surface area contributed by atoms with Gasteiger partial charge in [0.15, 0.2) is 5.78 Å². The summed E-state index contributed by atoms with van der Waals surface area (Å²) in [6.07, 6.45) is 0.724. The maximum Gasteiger partial charge on any atom is 0.573 e. The number of carbonyl (C=O) groups excluding carboxylic acids is 4. The van der Waals surface area contributed by atoms with Crippen LogP contribution >= 0.6 is 0 Å². The number of ether oxygens (including phenoxy) is 3. The summed E-state index contributed by atoms with van der Waals surface area (Å²) >= 11 is 0. The lowest BCUT2D eigenvalue weighted by molar-refractivity contribution is -0.274. The number of pyridine rings is 1. The topological polar surface area (TPSA) is 158 Å². The number of esters is 1. The summed E-state index contributed by atoms with van der Waals surface area (Å²) in [5, 5.41) is -0.347. The molecule has 3 heterocycles. The van der Waals surface area contributed by atoms with E-state index in [1.807, 2.05) is 6.92 Å². The summed E-state index contributed by atoms with van der Waals surface area (Å²) in [5.41, 5.74) is -1.66. The van der Waals surface area contributed by atoms with Crippen LogP contribution in [0.25, 0.3) is 16.8 Å². The summed E-state index contributed by atoms with van der Waals surface area (Å²) in [5.74, 6) is -3.96. The molecule has 2 aliphatic heterocycles. The Bertz CT molecular complexity index is 1960. The molecule has 2 aliphatic carbocycles. The number of nitrogens with one attached hydrogen (secondary N) is 1. The van der Waals surface area contributed by atoms with Crippen molar-refractivity contribution in [3.8, 4) is 11.6 Å². The Labute approximate surface area is 312 Å². The summed E-state index contributed by atoms with van der Waals surface area (Å²) in [6, 6.07) is 3.10. The molecule has 1 aromatic heterocycles. The van der Waals surface area contributed by atoms with E-state index in [1.54, 1.807) is 39.0 Å². The molecule has 3 fully saturated rings. The van der Waals surface area contributed by atoms with Crippen molar-refractivity contribution in [2.45, 2.75) is 109 Å². The van der Waals surface area contributed by atoms with E-state index in [2.05, 4.69) is 14.4 Å². The molecule has 4 aliphatic rings. The summed E-state index contributed by atoms with van der Waals surface area (Å²) in [4.78, 5) is 61.2. The van der Waals surface area contributed by atoms with Crippen LogP contribution in [0.1, 0.15) is 91.0 Å². The zero-order valence-electron chi connectivity index (χ0n) is 30.7. The lowest BCUT2D eigenvalue weighted by Crippen LogP contribution is -2.48. The Kier molecular flexibility index (Phi) is 10.8. The number of alkyl halides is 3. The van der Waals surface area contributed by atoms with E-state index in [9.17, 15) is 40.8 Å². The number of hydrogen-bond donors (Lipinski definition) is 1. The van der Waals surface area contributed by atoms with Crippen LogP contribution in [0.2, 0.25) is 0 Å². The van der Waals surface area contributed by atoms with Gasteiger partial charge >= 0.3 is 12.3 Å². The van der Waals surface area contributed by atoms with Crippen molar-refractivity contribution in [2.75, 3.05) is 13.2 Å². The van der Waals surface area contributed by atoms with E-state index in [-0.39, 0.29) is 55.0 Å². The molecule has 294 valence electrons. The van der Waals surface area contributed by atoms with Crippen LogP contribution in [-0.2, 0) is 33.9 Å². The highest BCUT2D eigenvalue weighted by atomic mass is 32.2. The van der Waals surface area contributed by atoms with E-state index in [4.69, 9.17) is 9.47 Å². The fourth-order valence-electron chi connectivity index (χ4n) is 7.64. The van der Waals surface area contributed by atoms with E-state index < -0.39 is 79.8 Å². The lowest BCUT2D eigenvalue weighted by atomic mass is 9.77. The molecule has 0 radical (unpaired) electrons. The number of Topliss-reactive ketones (excluding diaryl/α,β-unsaturated/α-hetero) is 1. The number of halogens is 3. The van der Waals surface area contributed by atoms with Crippen molar-refractivity contribution >= 4 is 50.4 Å². The number of ketones is 1. The Morgan fingerprint density at radius 2 is 1.87 bits per heavy atom. The number of aromatic nitrogens is 1. The molecule has 6 rings (SSSR count). The van der Waals surface area contributed by atoms with Gasteiger partial charge in [0.25, 0.3) is 0 Å². The van der Waals surface area contributed by atoms with Crippen LogP contribution in [0.15, 0.2) is 30.5 Å². The van der Waals surface area contributed by atoms with E-state index >= 15 is 0 Å². The minimum absolute atomic E-state index is 0.0355. The zero-order chi connectivity index (χ0) is 39.2. The van der Waals surface area contributed by atoms with Crippen molar-refractivity contribution in [3.05, 3.63) is 36.0 Å². The smallest absolute Gasteiger partial charge is 0.472 e. The molecular formula is C38H46F3N3O9S. The Morgan fingerprint density at radius 3 is 2.52 bits per heavy atom. The lowest BCUT2D eigenvalue weighted by Gasteiger charge is -2.34. The molecule has 5 atom stereocenters. The molecule has 2 aromatic rings. The first-order valence-electron chi connectivity index (χ1n) is 18.4. The first kappa shape index (κ1) is 39.5. The number of allylic oxidation sites excluding steroid dienone is 1. The largest absolute Gasteiger partial charge is 0.573 e. The van der Waals surface area contributed by atoms with Gasteiger partial charge in [-0.15, -0.1) is 13.2 Å². The minimum atomic E-state index is -4.99. The molecular weight excluding hydrogens is 731 g/mol. The van der Waals surface area contributed by atoms with Crippen LogP contribution in [0.3, 0.4) is 0 Å². The number of cyclic esters (lactones) is 1. The van der Waals surface area contributed by atoms with Crippen LogP contribution in [0.5, 0.6) is 11.6 Å². The zero-order valence-corrected chi connectivity index (χ0v) is 31.6. The molecule has 4 bridgehead atoms. The van der Waals surface area contributed by atoms with Gasteiger partial charge in [-0.2, -0.15) is 0 Å². The third-order valence-corrected chi connectivity index (χ3v) is 12.7. The molecule has 1 saturated heterocycles. The van der Waals surface area contributed by atoms with Gasteiger partial charge in [0.05, 0.1) is 42.2 Å². The third kappa shape index (κ3) is 8.68. The number of rotatable bonds is 8. The van der Waals surface area contributed by atoms with Gasteiger partial charge in [-0.1, -0.05) is 46.3 Å². The number of hydrogen-bond acceptors (Lipinski definition) is 10. The molecule has 0 unspecified atom stereocenters. The third-order valence-electron chi connectivity index (χ3n) is 10.9. The van der Waals surface area contributed by atoms with Crippen LogP contribution < -0.4 is 14.2 Å². The van der Waals surface area contributed by atoms with Crippen LogP contribution in [-0.4, -0.2) is 78.8 Å². The first-order valence-corrected chi connectivity index (χ1v) is 19.9. The molecule has 54 heavy (non-hydrogen) atoms. The van der Waals surface area contributed by atoms with Gasteiger partial charge in [-0.3, -0.25) is 23.9 Å². The molecule has 12 nitrogen and oxygen atoms in total. The van der Waals surface area contributed by atoms with Gasteiger partial charge < -0.3 is 19.1 Å². The standard InChI is InChI=1S/C38H46F3N3O9S/c1-5-23-19-37(23,35(48)43-54(49,50)25-10-11-25)20-30(45)29-17-24-21-44(29)34(47)28(36(2,3)4)18-32(46)51-14-8-6-7-9-22-15-27-26(12-13-42-33(27)52-24)31(16-22)53-38(39,40)41/h7,9,12-13,15-16,23-25,28-29H,5-6,8,10-11,14,17-21H2,1-4H3,(H,43,48)/b9-7+/t23-,24-,28-,29+,37-/m1/s1. The fraction of sp³-hybridized carbons (Fsp3) is 0.605. The van der Waals surface area contributed by atoms with Gasteiger partial charge in [0, 0.05) is 29.8 Å². The molecule has 16 heteroatoms. The highest BCUT2D eigenvalue weighted by molar-refractivity contribution is 7.90. The first-order chi connectivity index (χ1) is 25.3. The summed E-state index contributed by atoms with van der Waals surface area (Å²) in [6.45, 7) is 7.17. The summed E-state index contributed by atoms with van der Waals surface area (Å²) < 4.78 is 84.5. The van der Waals surface area contributed by atoms with Crippen molar-refractivity contribution in [1.82, 2.24) is 14.6 Å². The van der Waals surface area contributed by atoms with Crippen molar-refractivity contribution < 1.29 is 55.0 Å². The predicted molar refractivity (Wildman–Crippen MR) is 190 cm³/mol. The molecule has 0 spiro atoms. The molecule has 1 N–H and O–H groups in total. The van der Waals surface area contributed by atoms with Crippen LogP contribution in [0.4, 0.5) is 13.2 Å². The maximum atomic E-state index is 14.5. The second kappa shape index (κ2) is 14.8. The molecule has 1 aromatic carbocycles. The van der Waals surface area contributed by atoms with Crippen LogP contribution in [0, 0.1) is 22.7 Å². The normalized spacial score (nSPS) is 27.4. The highest BCUT2D eigenvalue weighted by Gasteiger charge is 2.62. The summed E-state index contributed by atoms with van der Waals surface area (Å²) in [7, 11) is -3.88. The number of benzene rings is 1.